The molecule has 1 unspecified atom stereocenters. The van der Waals surface area contributed by atoms with E-state index in [4.69, 9.17) is 5.73 Å². The van der Waals surface area contributed by atoms with E-state index >= 15 is 0 Å². The Bertz CT molecular complexity index is 600. The molecule has 18 heavy (non-hydrogen) atoms. The molecule has 4 heteroatoms. The van der Waals surface area contributed by atoms with Crippen molar-refractivity contribution in [3.05, 3.63) is 29.3 Å². The third-order valence-electron chi connectivity index (χ3n) is 3.30. The molecule has 94 valence electrons. The summed E-state index contributed by atoms with van der Waals surface area (Å²) in [4.78, 5) is 4.52. The van der Waals surface area contributed by atoms with Crippen molar-refractivity contribution in [1.29, 1.82) is 0 Å². The van der Waals surface area contributed by atoms with Crippen molar-refractivity contribution in [3.63, 3.8) is 0 Å². The van der Waals surface area contributed by atoms with Crippen LogP contribution in [-0.2, 0) is 0 Å². The zero-order chi connectivity index (χ0) is 12.5. The number of hydrogen-bond donors (Lipinski definition) is 2. The second-order valence-corrected chi connectivity index (χ2v) is 6.00. The molecule has 1 aliphatic rings. The number of hydrogen-bond acceptors (Lipinski definition) is 4. The van der Waals surface area contributed by atoms with Crippen LogP contribution >= 0.6 is 11.3 Å². The van der Waals surface area contributed by atoms with Gasteiger partial charge in [-0.25, -0.2) is 4.98 Å². The molecule has 1 heterocycles. The molecule has 3 rings (SSSR count). The lowest BCUT2D eigenvalue weighted by atomic mass is 10.0. The topological polar surface area (TPSA) is 50.9 Å². The van der Waals surface area contributed by atoms with Gasteiger partial charge in [-0.05, 0) is 38.3 Å². The van der Waals surface area contributed by atoms with Gasteiger partial charge in [0.15, 0.2) is 0 Å². The van der Waals surface area contributed by atoms with Crippen LogP contribution in [-0.4, -0.2) is 11.0 Å². The van der Waals surface area contributed by atoms with Crippen LogP contribution < -0.4 is 11.1 Å². The minimum atomic E-state index is 0.495. The minimum absolute atomic E-state index is 0.495. The largest absolute Gasteiger partial charge is 0.397 e. The maximum absolute atomic E-state index is 6.11. The van der Waals surface area contributed by atoms with Gasteiger partial charge in [-0.3, -0.25) is 0 Å². The molecule has 0 fully saturated rings. The van der Waals surface area contributed by atoms with Gasteiger partial charge in [0.25, 0.3) is 0 Å². The van der Waals surface area contributed by atoms with E-state index in [-0.39, 0.29) is 0 Å². The van der Waals surface area contributed by atoms with E-state index in [1.807, 2.05) is 13.0 Å². The maximum Gasteiger partial charge on any atom is 0.0907 e. The SMILES string of the molecule is Cc1nc2cc(NC3CC=CCC3)c(N)cc2s1. The molecule has 0 saturated heterocycles. The number of aromatic nitrogens is 1. The quantitative estimate of drug-likeness (QED) is 0.638. The summed E-state index contributed by atoms with van der Waals surface area (Å²) in [6, 6.07) is 4.60. The summed E-state index contributed by atoms with van der Waals surface area (Å²) in [5.74, 6) is 0. The lowest BCUT2D eigenvalue weighted by Crippen LogP contribution is -2.20. The number of nitrogens with one attached hydrogen (secondary N) is 1. The second-order valence-electron chi connectivity index (χ2n) is 4.77. The van der Waals surface area contributed by atoms with Crippen molar-refractivity contribution < 1.29 is 0 Å². The van der Waals surface area contributed by atoms with E-state index in [1.165, 1.54) is 11.1 Å². The van der Waals surface area contributed by atoms with Gasteiger partial charge in [0.05, 0.1) is 26.6 Å². The van der Waals surface area contributed by atoms with E-state index in [0.717, 1.165) is 34.7 Å². The van der Waals surface area contributed by atoms with Crippen molar-refractivity contribution in [2.45, 2.75) is 32.2 Å². The van der Waals surface area contributed by atoms with Gasteiger partial charge in [-0.2, -0.15) is 0 Å². The Balaban J connectivity index is 1.90. The predicted octanol–water partition coefficient (Wildman–Crippen LogP) is 3.71. The van der Waals surface area contributed by atoms with E-state index in [1.54, 1.807) is 11.3 Å². The number of anilines is 2. The summed E-state index contributed by atoms with van der Waals surface area (Å²) in [7, 11) is 0. The molecular formula is C14H17N3S. The van der Waals surface area contributed by atoms with Crippen molar-refractivity contribution >= 4 is 32.9 Å². The van der Waals surface area contributed by atoms with Crippen molar-refractivity contribution in [3.8, 4) is 0 Å². The number of nitrogens with zero attached hydrogens (tertiary/aromatic N) is 1. The number of thiazole rings is 1. The summed E-state index contributed by atoms with van der Waals surface area (Å²) in [5, 5.41) is 4.62. The molecule has 3 nitrogen and oxygen atoms in total. The number of rotatable bonds is 2. The van der Waals surface area contributed by atoms with Gasteiger partial charge in [0.2, 0.25) is 0 Å². The molecule has 1 aromatic carbocycles. The summed E-state index contributed by atoms with van der Waals surface area (Å²) < 4.78 is 1.17. The fourth-order valence-corrected chi connectivity index (χ4v) is 3.23. The van der Waals surface area contributed by atoms with Crippen LogP contribution in [0.5, 0.6) is 0 Å². The first-order valence-corrected chi connectivity index (χ1v) is 7.12. The van der Waals surface area contributed by atoms with Gasteiger partial charge in [-0.15, -0.1) is 11.3 Å². The first-order valence-electron chi connectivity index (χ1n) is 6.30. The van der Waals surface area contributed by atoms with Crippen LogP contribution in [0.1, 0.15) is 24.3 Å². The molecule has 0 radical (unpaired) electrons. The van der Waals surface area contributed by atoms with Crippen LogP contribution in [0.2, 0.25) is 0 Å². The molecule has 0 spiro atoms. The fraction of sp³-hybridized carbons (Fsp3) is 0.357. The van der Waals surface area contributed by atoms with Crippen molar-refractivity contribution in [2.75, 3.05) is 11.1 Å². The normalized spacial score (nSPS) is 19.3. The Hall–Kier alpha value is -1.55. The Morgan fingerprint density at radius 3 is 3.06 bits per heavy atom. The number of nitrogens with two attached hydrogens (primary N) is 1. The lowest BCUT2D eigenvalue weighted by Gasteiger charge is -2.21. The third-order valence-corrected chi connectivity index (χ3v) is 4.23. The minimum Gasteiger partial charge on any atom is -0.397 e. The highest BCUT2D eigenvalue weighted by Crippen LogP contribution is 2.31. The number of aryl methyl sites for hydroxylation is 1. The Labute approximate surface area is 111 Å². The molecule has 1 atom stereocenters. The van der Waals surface area contributed by atoms with Gasteiger partial charge in [-0.1, -0.05) is 12.2 Å². The lowest BCUT2D eigenvalue weighted by molar-refractivity contribution is 0.645. The van der Waals surface area contributed by atoms with Gasteiger partial charge in [0, 0.05) is 6.04 Å². The monoisotopic (exact) mass is 259 g/mol. The third kappa shape index (κ3) is 2.20. The molecule has 2 aromatic rings. The molecule has 0 saturated carbocycles. The first-order chi connectivity index (χ1) is 8.72. The van der Waals surface area contributed by atoms with Gasteiger partial charge >= 0.3 is 0 Å². The molecule has 0 aliphatic heterocycles. The molecular weight excluding hydrogens is 242 g/mol. The summed E-state index contributed by atoms with van der Waals surface area (Å²) >= 11 is 1.69. The van der Waals surface area contributed by atoms with Crippen molar-refractivity contribution in [1.82, 2.24) is 4.98 Å². The zero-order valence-corrected chi connectivity index (χ0v) is 11.3. The maximum atomic E-state index is 6.11. The second kappa shape index (κ2) is 4.61. The summed E-state index contributed by atoms with van der Waals surface area (Å²) in [6.07, 6.45) is 7.88. The van der Waals surface area contributed by atoms with Crippen LogP contribution in [0.25, 0.3) is 10.2 Å². The van der Waals surface area contributed by atoms with Crippen LogP contribution in [0.3, 0.4) is 0 Å². The van der Waals surface area contributed by atoms with Gasteiger partial charge in [0.1, 0.15) is 0 Å². The Morgan fingerprint density at radius 1 is 1.39 bits per heavy atom. The van der Waals surface area contributed by atoms with E-state index in [0.29, 0.717) is 6.04 Å². The highest BCUT2D eigenvalue weighted by atomic mass is 32.1. The molecule has 0 bridgehead atoms. The molecule has 1 aromatic heterocycles. The first kappa shape index (κ1) is 11.5. The van der Waals surface area contributed by atoms with Crippen LogP contribution in [0, 0.1) is 6.92 Å². The van der Waals surface area contributed by atoms with Gasteiger partial charge < -0.3 is 11.1 Å². The fourth-order valence-electron chi connectivity index (χ4n) is 2.37. The number of benzene rings is 1. The van der Waals surface area contributed by atoms with E-state index in [2.05, 4.69) is 28.5 Å². The predicted molar refractivity (Wildman–Crippen MR) is 79.2 cm³/mol. The number of allylic oxidation sites excluding steroid dienone is 1. The Kier molecular flexibility index (Phi) is 2.96. The molecule has 0 amide bonds. The van der Waals surface area contributed by atoms with E-state index < -0.39 is 0 Å². The average molecular weight is 259 g/mol. The van der Waals surface area contributed by atoms with Crippen LogP contribution in [0.4, 0.5) is 11.4 Å². The van der Waals surface area contributed by atoms with Crippen LogP contribution in [0.15, 0.2) is 24.3 Å². The average Bonchev–Trinajstić information content (AvgIpc) is 2.70. The molecule has 1 aliphatic carbocycles. The summed E-state index contributed by atoms with van der Waals surface area (Å²) in [5.41, 5.74) is 9.00. The Morgan fingerprint density at radius 2 is 2.28 bits per heavy atom. The highest BCUT2D eigenvalue weighted by Gasteiger charge is 2.12. The molecule has 3 N–H and O–H groups in total. The number of fused-ring (bicyclic) bond motifs is 1. The zero-order valence-electron chi connectivity index (χ0n) is 10.4. The highest BCUT2D eigenvalue weighted by molar-refractivity contribution is 7.18. The smallest absolute Gasteiger partial charge is 0.0907 e. The summed E-state index contributed by atoms with van der Waals surface area (Å²) in [6.45, 7) is 2.03. The van der Waals surface area contributed by atoms with Crippen molar-refractivity contribution in [2.24, 2.45) is 0 Å². The van der Waals surface area contributed by atoms with E-state index in [9.17, 15) is 0 Å². The number of nitrogen functional groups attached to an aromatic ring is 1. The standard InChI is InChI=1S/C14H17N3S/c1-9-16-13-8-12(11(15)7-14(13)18-9)17-10-5-3-2-4-6-10/h2-3,7-8,10,17H,4-6,15H2,1H3.